The van der Waals surface area contributed by atoms with Gasteiger partial charge in [0.25, 0.3) is 0 Å². The molecular formula is C21H30N2O3. The number of piperidine rings is 1. The number of hydrogen-bond acceptors (Lipinski definition) is 4. The second kappa shape index (κ2) is 9.08. The van der Waals surface area contributed by atoms with Crippen LogP contribution in [0.4, 0.5) is 0 Å². The van der Waals surface area contributed by atoms with E-state index in [0.29, 0.717) is 17.5 Å². The molecule has 0 aliphatic carbocycles. The molecule has 0 unspecified atom stereocenters. The fraction of sp³-hybridized carbons (Fsp3) is 0.571. The summed E-state index contributed by atoms with van der Waals surface area (Å²) in [5.41, 5.74) is 0.933. The van der Waals surface area contributed by atoms with Gasteiger partial charge in [-0.1, -0.05) is 12.5 Å². The third kappa shape index (κ3) is 4.58. The average Bonchev–Trinajstić information content (AvgIpc) is 3.14. The fourth-order valence-corrected chi connectivity index (χ4v) is 3.98. The summed E-state index contributed by atoms with van der Waals surface area (Å²) in [5.74, 6) is 1.47. The van der Waals surface area contributed by atoms with Crippen molar-refractivity contribution in [3.8, 4) is 11.5 Å². The smallest absolute Gasteiger partial charge is 0.246 e. The van der Waals surface area contributed by atoms with Crippen LogP contribution in [0.25, 0.3) is 6.08 Å². The molecule has 142 valence electrons. The molecule has 2 fully saturated rings. The SMILES string of the molecule is COc1ccc(C=CC(=O)N2CCC[C@H]2CN2CCCCC2)cc1OC. The Balaban J connectivity index is 1.61. The van der Waals surface area contributed by atoms with Gasteiger partial charge in [-0.25, -0.2) is 0 Å². The van der Waals surface area contributed by atoms with Crippen LogP contribution in [0.2, 0.25) is 0 Å². The highest BCUT2D eigenvalue weighted by molar-refractivity contribution is 5.92. The molecule has 26 heavy (non-hydrogen) atoms. The number of hydrogen-bond donors (Lipinski definition) is 0. The number of methoxy groups -OCH3 is 2. The van der Waals surface area contributed by atoms with Crippen molar-refractivity contribution < 1.29 is 14.3 Å². The van der Waals surface area contributed by atoms with Crippen molar-refractivity contribution in [2.45, 2.75) is 38.1 Å². The Kier molecular flexibility index (Phi) is 6.56. The van der Waals surface area contributed by atoms with Gasteiger partial charge in [0.2, 0.25) is 5.91 Å². The Morgan fingerprint density at radius 2 is 1.85 bits per heavy atom. The van der Waals surface area contributed by atoms with Crippen molar-refractivity contribution in [2.24, 2.45) is 0 Å². The second-order valence-electron chi connectivity index (χ2n) is 7.14. The van der Waals surface area contributed by atoms with Crippen LogP contribution < -0.4 is 9.47 Å². The molecule has 0 bridgehead atoms. The number of nitrogens with zero attached hydrogens (tertiary/aromatic N) is 2. The summed E-state index contributed by atoms with van der Waals surface area (Å²) >= 11 is 0. The molecule has 2 aliphatic heterocycles. The van der Waals surface area contributed by atoms with E-state index in [-0.39, 0.29) is 5.91 Å². The maximum atomic E-state index is 12.7. The van der Waals surface area contributed by atoms with Crippen LogP contribution in [0, 0.1) is 0 Å². The lowest BCUT2D eigenvalue weighted by atomic mass is 10.1. The van der Waals surface area contributed by atoms with Crippen LogP contribution in [-0.2, 0) is 4.79 Å². The van der Waals surface area contributed by atoms with Gasteiger partial charge in [0.1, 0.15) is 0 Å². The zero-order chi connectivity index (χ0) is 18.4. The van der Waals surface area contributed by atoms with Gasteiger partial charge in [0, 0.05) is 25.2 Å². The quantitative estimate of drug-likeness (QED) is 0.733. The summed E-state index contributed by atoms with van der Waals surface area (Å²) in [6.45, 7) is 4.25. The van der Waals surface area contributed by atoms with Gasteiger partial charge in [-0.05, 0) is 62.5 Å². The number of amides is 1. The van der Waals surface area contributed by atoms with Crippen molar-refractivity contribution in [3.63, 3.8) is 0 Å². The van der Waals surface area contributed by atoms with E-state index in [1.54, 1.807) is 20.3 Å². The van der Waals surface area contributed by atoms with E-state index >= 15 is 0 Å². The molecule has 2 aliphatic rings. The average molecular weight is 358 g/mol. The standard InChI is InChI=1S/C21H30N2O3/c1-25-19-10-8-17(15-20(19)26-2)9-11-21(24)23-14-6-7-18(23)16-22-12-4-3-5-13-22/h8-11,15,18H,3-7,12-14,16H2,1-2H3/t18-/m0/s1. The summed E-state index contributed by atoms with van der Waals surface area (Å²) in [5, 5.41) is 0. The van der Waals surface area contributed by atoms with Crippen molar-refractivity contribution in [1.29, 1.82) is 0 Å². The molecule has 1 aromatic carbocycles. The number of carbonyl (C=O) groups is 1. The van der Waals surface area contributed by atoms with Crippen molar-refractivity contribution in [3.05, 3.63) is 29.8 Å². The predicted octanol–water partition coefficient (Wildman–Crippen LogP) is 3.19. The Morgan fingerprint density at radius 3 is 2.58 bits per heavy atom. The molecule has 0 radical (unpaired) electrons. The molecule has 1 aromatic rings. The topological polar surface area (TPSA) is 42.0 Å². The third-order valence-electron chi connectivity index (χ3n) is 5.40. The van der Waals surface area contributed by atoms with Crippen LogP contribution in [0.15, 0.2) is 24.3 Å². The normalized spacial score (nSPS) is 21.3. The third-order valence-corrected chi connectivity index (χ3v) is 5.40. The Hall–Kier alpha value is -2.01. The van der Waals surface area contributed by atoms with Gasteiger partial charge >= 0.3 is 0 Å². The monoisotopic (exact) mass is 358 g/mol. The number of likely N-dealkylation sites (tertiary alicyclic amines) is 2. The van der Waals surface area contributed by atoms with Gasteiger partial charge < -0.3 is 19.3 Å². The first-order valence-corrected chi connectivity index (χ1v) is 9.64. The maximum absolute atomic E-state index is 12.7. The number of benzene rings is 1. The van der Waals surface area contributed by atoms with Crippen LogP contribution in [-0.4, -0.2) is 62.1 Å². The number of carbonyl (C=O) groups excluding carboxylic acids is 1. The Morgan fingerprint density at radius 1 is 1.08 bits per heavy atom. The van der Waals surface area contributed by atoms with Crippen LogP contribution in [0.1, 0.15) is 37.7 Å². The highest BCUT2D eigenvalue weighted by Crippen LogP contribution is 2.28. The lowest BCUT2D eigenvalue weighted by Crippen LogP contribution is -2.44. The lowest BCUT2D eigenvalue weighted by Gasteiger charge is -2.32. The first kappa shape index (κ1) is 18.8. The van der Waals surface area contributed by atoms with E-state index < -0.39 is 0 Å². The summed E-state index contributed by atoms with van der Waals surface area (Å²) in [6, 6.07) is 6.03. The molecule has 3 rings (SSSR count). The number of ether oxygens (including phenoxy) is 2. The molecule has 0 spiro atoms. The maximum Gasteiger partial charge on any atom is 0.246 e. The van der Waals surface area contributed by atoms with E-state index in [0.717, 1.165) is 31.5 Å². The Bertz CT molecular complexity index is 638. The minimum Gasteiger partial charge on any atom is -0.493 e. The highest BCUT2D eigenvalue weighted by Gasteiger charge is 2.29. The predicted molar refractivity (Wildman–Crippen MR) is 104 cm³/mol. The van der Waals surface area contributed by atoms with Gasteiger partial charge in [-0.15, -0.1) is 0 Å². The lowest BCUT2D eigenvalue weighted by molar-refractivity contribution is -0.127. The zero-order valence-electron chi connectivity index (χ0n) is 15.9. The molecule has 1 amide bonds. The fourth-order valence-electron chi connectivity index (χ4n) is 3.98. The zero-order valence-corrected chi connectivity index (χ0v) is 15.9. The first-order chi connectivity index (χ1) is 12.7. The molecule has 0 saturated carbocycles. The molecule has 2 saturated heterocycles. The minimum absolute atomic E-state index is 0.110. The van der Waals surface area contributed by atoms with Crippen molar-refractivity contribution >= 4 is 12.0 Å². The van der Waals surface area contributed by atoms with Gasteiger partial charge in [0.05, 0.1) is 14.2 Å². The summed E-state index contributed by atoms with van der Waals surface area (Å²) in [7, 11) is 3.23. The first-order valence-electron chi connectivity index (χ1n) is 9.64. The van der Waals surface area contributed by atoms with Gasteiger partial charge in [-0.2, -0.15) is 0 Å². The minimum atomic E-state index is 0.110. The Labute approximate surface area is 156 Å². The molecule has 5 nitrogen and oxygen atoms in total. The summed E-state index contributed by atoms with van der Waals surface area (Å²) in [6.07, 6.45) is 9.70. The van der Waals surface area contributed by atoms with E-state index in [1.165, 1.54) is 32.4 Å². The van der Waals surface area contributed by atoms with E-state index in [2.05, 4.69) is 4.90 Å². The largest absolute Gasteiger partial charge is 0.493 e. The second-order valence-corrected chi connectivity index (χ2v) is 7.14. The molecule has 2 heterocycles. The summed E-state index contributed by atoms with van der Waals surface area (Å²) in [4.78, 5) is 17.3. The van der Waals surface area contributed by atoms with Gasteiger partial charge in [0.15, 0.2) is 11.5 Å². The number of rotatable bonds is 6. The molecule has 0 aromatic heterocycles. The van der Waals surface area contributed by atoms with Crippen LogP contribution >= 0.6 is 0 Å². The summed E-state index contributed by atoms with van der Waals surface area (Å²) < 4.78 is 10.6. The molecule has 0 N–H and O–H groups in total. The molecular weight excluding hydrogens is 328 g/mol. The van der Waals surface area contributed by atoms with Crippen LogP contribution in [0.3, 0.4) is 0 Å². The van der Waals surface area contributed by atoms with E-state index in [4.69, 9.17) is 9.47 Å². The molecule has 5 heteroatoms. The van der Waals surface area contributed by atoms with Crippen LogP contribution in [0.5, 0.6) is 11.5 Å². The highest BCUT2D eigenvalue weighted by atomic mass is 16.5. The molecule has 1 atom stereocenters. The van der Waals surface area contributed by atoms with Gasteiger partial charge in [-0.3, -0.25) is 4.79 Å². The van der Waals surface area contributed by atoms with Crippen molar-refractivity contribution in [2.75, 3.05) is 40.4 Å². The van der Waals surface area contributed by atoms with Crippen molar-refractivity contribution in [1.82, 2.24) is 9.80 Å². The van der Waals surface area contributed by atoms with E-state index in [1.807, 2.05) is 29.2 Å². The van der Waals surface area contributed by atoms with E-state index in [9.17, 15) is 4.79 Å².